The minimum atomic E-state index is 0. The predicted octanol–water partition coefficient (Wildman–Crippen LogP) is 0.106. The van der Waals surface area contributed by atoms with Crippen molar-refractivity contribution in [3.05, 3.63) is 0 Å². The van der Waals surface area contributed by atoms with Crippen molar-refractivity contribution in [2.24, 2.45) is 0 Å². The van der Waals surface area contributed by atoms with E-state index in [0.717, 1.165) is 0 Å². The van der Waals surface area contributed by atoms with Crippen LogP contribution in [0.3, 0.4) is 0 Å². The van der Waals surface area contributed by atoms with E-state index in [4.69, 9.17) is 5.26 Å². The van der Waals surface area contributed by atoms with Crippen LogP contribution in [-0.4, -0.2) is 51.4 Å². The third kappa shape index (κ3) is 11.1. The van der Waals surface area contributed by atoms with Crippen molar-refractivity contribution in [1.29, 1.82) is 5.26 Å². The van der Waals surface area contributed by atoms with E-state index in [1.54, 1.807) is 6.07 Å². The van der Waals surface area contributed by atoms with Gasteiger partial charge in [0.15, 0.2) is 0 Å². The molecule has 0 amide bonds. The molecule has 2 heteroatoms. The summed E-state index contributed by atoms with van der Waals surface area (Å²) in [4.78, 5) is 0. The van der Waals surface area contributed by atoms with Crippen LogP contribution < -0.4 is 0 Å². The zero-order chi connectivity index (χ0) is 2.71. The van der Waals surface area contributed by atoms with Crippen molar-refractivity contribution in [3.63, 3.8) is 0 Å². The molecule has 0 rings (SSSR count). The summed E-state index contributed by atoms with van der Waals surface area (Å²) in [6, 6.07) is 1.75. The molecule has 4 heavy (non-hydrogen) atoms. The molecule has 0 spiro atoms. The first-order chi connectivity index (χ1) is 1.41. The third-order valence-corrected chi connectivity index (χ3v) is 0. The number of nitrogens with zero attached hydrogens (tertiary/aromatic N) is 1. The maximum atomic E-state index is 7.32. The average molecular weight is 83.2 g/mol. The van der Waals surface area contributed by atoms with Crippen LogP contribution in [0.1, 0.15) is 9.78 Å². The normalized spacial score (nSPS) is 2.00. The molecule has 1 nitrogen and oxygen atoms in total. The molecular weight excluding hydrogens is 77.1 g/mol. The molecule has 0 saturated heterocycles. The van der Waals surface area contributed by atoms with Crippen molar-refractivity contribution in [2.45, 2.75) is 6.92 Å². The Morgan fingerprint density at radius 3 is 2.00 bits per heavy atom. The number of hydrogen-bond donors (Lipinski definition) is 0. The molecule has 0 saturated carbocycles. The Morgan fingerprint density at radius 1 is 2.00 bits per heavy atom. The van der Waals surface area contributed by atoms with E-state index < -0.39 is 0 Å². The van der Waals surface area contributed by atoms with Gasteiger partial charge in [-0.25, -0.2) is 0 Å². The molecule has 0 aromatic carbocycles. The predicted molar refractivity (Wildman–Crippen MR) is 20.7 cm³/mol. The van der Waals surface area contributed by atoms with Crippen molar-refractivity contribution < 1.29 is 2.85 Å². The molecule has 0 aromatic heterocycles. The summed E-state index contributed by atoms with van der Waals surface area (Å²) in [5, 5.41) is 7.32. The van der Waals surface area contributed by atoms with Crippen LogP contribution in [0.25, 0.3) is 0 Å². The van der Waals surface area contributed by atoms with E-state index in [1.807, 2.05) is 0 Å². The monoisotopic (exact) mass is 83.0 g/mol. The van der Waals surface area contributed by atoms with Crippen molar-refractivity contribution in [1.82, 2.24) is 0 Å². The van der Waals surface area contributed by atoms with Gasteiger partial charge in [0, 0.05) is 6.92 Å². The molecule has 0 N–H and O–H groups in total. The second-order valence-electron chi connectivity index (χ2n) is 0.224. The van der Waals surface area contributed by atoms with Gasteiger partial charge >= 0.3 is 54.2 Å². The van der Waals surface area contributed by atoms with Crippen LogP contribution >= 0.6 is 0 Å². The summed E-state index contributed by atoms with van der Waals surface area (Å²) >= 11 is 0. The fourth-order valence-corrected chi connectivity index (χ4v) is 0. The Bertz CT molecular complexity index is 33.0. The molecule has 0 unspecified atom stereocenters. The molecule has 0 radical (unpaired) electrons. The topological polar surface area (TPSA) is 23.8 Å². The van der Waals surface area contributed by atoms with E-state index >= 15 is 0 Å². The van der Waals surface area contributed by atoms with Gasteiger partial charge in [-0.05, 0) is 0 Å². The SMILES string of the molecule is CC#N.[H+].[H+].[KH]. The first kappa shape index (κ1) is 8.93. The summed E-state index contributed by atoms with van der Waals surface area (Å²) in [6.45, 7) is 1.43. The zero-order valence-electron chi connectivity index (χ0n) is 3.95. The summed E-state index contributed by atoms with van der Waals surface area (Å²) in [5.41, 5.74) is 0. The van der Waals surface area contributed by atoms with Crippen LogP contribution in [0, 0.1) is 11.3 Å². The zero-order valence-corrected chi connectivity index (χ0v) is 1.95. The Labute approximate surface area is 71.4 Å². The van der Waals surface area contributed by atoms with Gasteiger partial charge in [-0.2, -0.15) is 5.26 Å². The van der Waals surface area contributed by atoms with Crippen molar-refractivity contribution >= 4 is 51.4 Å². The van der Waals surface area contributed by atoms with Gasteiger partial charge in [0.1, 0.15) is 0 Å². The molecule has 0 aromatic rings. The fourth-order valence-electron chi connectivity index (χ4n) is 0. The molecule has 0 fully saturated rings. The Kier molecular flexibility index (Phi) is 19.9. The summed E-state index contributed by atoms with van der Waals surface area (Å²) in [6.07, 6.45) is 0. The Balaban J connectivity index is -0.00000000667. The molecular formula is C2H6KN+2. The van der Waals surface area contributed by atoms with Gasteiger partial charge in [0.2, 0.25) is 0 Å². The Morgan fingerprint density at radius 2 is 2.00 bits per heavy atom. The molecule has 0 atom stereocenters. The van der Waals surface area contributed by atoms with E-state index in [-0.39, 0.29) is 54.2 Å². The van der Waals surface area contributed by atoms with Gasteiger partial charge in [0.05, 0.1) is 6.07 Å². The second-order valence-corrected chi connectivity index (χ2v) is 0.224. The number of hydrogen-bond acceptors (Lipinski definition) is 1. The molecule has 0 aliphatic rings. The van der Waals surface area contributed by atoms with E-state index in [0.29, 0.717) is 0 Å². The van der Waals surface area contributed by atoms with E-state index in [1.165, 1.54) is 6.92 Å². The third-order valence-electron chi connectivity index (χ3n) is 0. The maximum absolute atomic E-state index is 7.32. The number of rotatable bonds is 0. The number of nitriles is 1. The van der Waals surface area contributed by atoms with E-state index in [9.17, 15) is 0 Å². The van der Waals surface area contributed by atoms with Crippen LogP contribution in [0.5, 0.6) is 0 Å². The van der Waals surface area contributed by atoms with Gasteiger partial charge < -0.3 is 0 Å². The Hall–Kier alpha value is 1.13. The minimum absolute atomic E-state index is 0. The molecule has 0 bridgehead atoms. The van der Waals surface area contributed by atoms with E-state index in [2.05, 4.69) is 0 Å². The van der Waals surface area contributed by atoms with Crippen molar-refractivity contribution in [3.8, 4) is 6.07 Å². The first-order valence-electron chi connectivity index (χ1n) is 0.724. The van der Waals surface area contributed by atoms with Crippen LogP contribution in [0.2, 0.25) is 0 Å². The second kappa shape index (κ2) is 8.92. The molecule has 0 aliphatic carbocycles. The van der Waals surface area contributed by atoms with Crippen LogP contribution in [0.4, 0.5) is 0 Å². The van der Waals surface area contributed by atoms with Crippen LogP contribution in [-0.2, 0) is 0 Å². The molecule has 0 aliphatic heterocycles. The van der Waals surface area contributed by atoms with Crippen molar-refractivity contribution in [2.75, 3.05) is 0 Å². The quantitative estimate of drug-likeness (QED) is 0.381. The standard InChI is InChI=1S/C2H3N.K.H/c1-2-3;;/h1H3;;/p+2. The molecule has 18 valence electrons. The first-order valence-corrected chi connectivity index (χ1v) is 0.724. The fraction of sp³-hybridized carbons (Fsp3) is 0.500. The van der Waals surface area contributed by atoms with Gasteiger partial charge in [-0.3, -0.25) is 0 Å². The van der Waals surface area contributed by atoms with Gasteiger partial charge in [-0.1, -0.05) is 0 Å². The van der Waals surface area contributed by atoms with Crippen LogP contribution in [0.15, 0.2) is 0 Å². The van der Waals surface area contributed by atoms with Gasteiger partial charge in [0.25, 0.3) is 0 Å². The summed E-state index contributed by atoms with van der Waals surface area (Å²) < 4.78 is 0. The summed E-state index contributed by atoms with van der Waals surface area (Å²) in [7, 11) is 0. The van der Waals surface area contributed by atoms with Gasteiger partial charge in [-0.15, -0.1) is 0 Å². The summed E-state index contributed by atoms with van der Waals surface area (Å²) in [5.74, 6) is 0. The average Bonchev–Trinajstić information content (AvgIpc) is 0.918. The molecule has 0 heterocycles.